The summed E-state index contributed by atoms with van der Waals surface area (Å²) in [5.74, 6) is 1.82. The van der Waals surface area contributed by atoms with Gasteiger partial charge in [0.15, 0.2) is 17.5 Å². The molecule has 0 N–H and O–H groups in total. The number of rotatable bonds is 6. The fraction of sp³-hybridized carbons (Fsp3) is 0. The predicted molar refractivity (Wildman–Crippen MR) is 229 cm³/mol. The van der Waals surface area contributed by atoms with Crippen LogP contribution >= 0.6 is 0 Å². The first-order chi connectivity index (χ1) is 27.7. The van der Waals surface area contributed by atoms with E-state index in [0.717, 1.165) is 83.0 Å². The minimum absolute atomic E-state index is 0.597. The Hall–Kier alpha value is -7.63. The lowest BCUT2D eigenvalue weighted by atomic mass is 10.0. The second-order valence-corrected chi connectivity index (χ2v) is 14.1. The molecule has 3 aromatic heterocycles. The van der Waals surface area contributed by atoms with Crippen molar-refractivity contribution in [3.8, 4) is 62.1 Å². The first-order valence-electron chi connectivity index (χ1n) is 18.8. The molecular weight excluding hydrogens is 685 g/mol. The molecule has 5 heteroatoms. The average molecular weight is 717 g/mol. The van der Waals surface area contributed by atoms with E-state index in [1.165, 1.54) is 5.39 Å². The fourth-order valence-corrected chi connectivity index (χ4v) is 7.88. The van der Waals surface area contributed by atoms with Crippen LogP contribution in [-0.2, 0) is 0 Å². The first kappa shape index (κ1) is 31.9. The number of furan rings is 1. The third-order valence-electron chi connectivity index (χ3n) is 10.7. The zero-order valence-electron chi connectivity index (χ0n) is 30.2. The smallest absolute Gasteiger partial charge is 0.164 e. The maximum atomic E-state index is 6.53. The Morgan fingerprint density at radius 1 is 0.304 bits per heavy atom. The van der Waals surface area contributed by atoms with Crippen LogP contribution in [0.15, 0.2) is 199 Å². The van der Waals surface area contributed by atoms with Crippen LogP contribution in [0, 0.1) is 0 Å². The van der Waals surface area contributed by atoms with Crippen molar-refractivity contribution < 1.29 is 4.42 Å². The molecule has 0 unspecified atom stereocenters. The highest BCUT2D eigenvalue weighted by Crippen LogP contribution is 2.39. The summed E-state index contributed by atoms with van der Waals surface area (Å²) < 4.78 is 8.87. The fourth-order valence-electron chi connectivity index (χ4n) is 7.88. The minimum Gasteiger partial charge on any atom is -0.456 e. The molecule has 0 spiro atoms. The van der Waals surface area contributed by atoms with Crippen molar-refractivity contribution in [3.05, 3.63) is 194 Å². The second kappa shape index (κ2) is 13.0. The molecule has 0 radical (unpaired) electrons. The van der Waals surface area contributed by atoms with Crippen molar-refractivity contribution in [1.29, 1.82) is 0 Å². The Labute approximate surface area is 322 Å². The molecular formula is C51H32N4O. The molecule has 0 bridgehead atoms. The van der Waals surface area contributed by atoms with Gasteiger partial charge in [-0.1, -0.05) is 146 Å². The Balaban J connectivity index is 1.07. The SMILES string of the molecule is c1ccc(-c2ccc(-c3nc(-c4ccc(-c5ccccc5)cc4)nc(-c4ccc5oc6cc7c8ccccc8n(-c8ccccc8)c7cc6c5c4)n3)cc2)cc1. The van der Waals surface area contributed by atoms with Gasteiger partial charge in [-0.2, -0.15) is 0 Å². The zero-order chi connectivity index (χ0) is 37.0. The van der Waals surface area contributed by atoms with Crippen molar-refractivity contribution in [3.63, 3.8) is 0 Å². The van der Waals surface area contributed by atoms with Crippen molar-refractivity contribution in [2.24, 2.45) is 0 Å². The van der Waals surface area contributed by atoms with Crippen LogP contribution in [0.5, 0.6) is 0 Å². The molecule has 0 saturated carbocycles. The standard InChI is InChI=1S/C51H32N4O/c1-4-12-33(13-5-1)35-20-24-37(25-21-35)49-52-50(38-26-22-36(23-27-38)34-14-6-2-7-15-34)54-51(53-49)39-28-29-47-43(30-39)44-31-46-42(32-48(44)56-47)41-18-10-11-19-45(41)55(46)40-16-8-3-9-17-40/h1-32H. The van der Waals surface area contributed by atoms with Gasteiger partial charge in [0, 0.05) is 43.9 Å². The van der Waals surface area contributed by atoms with Gasteiger partial charge in [0.25, 0.3) is 0 Å². The average Bonchev–Trinajstić information content (AvgIpc) is 3.80. The van der Waals surface area contributed by atoms with Crippen LogP contribution in [0.25, 0.3) is 106 Å². The van der Waals surface area contributed by atoms with E-state index >= 15 is 0 Å². The summed E-state index contributed by atoms with van der Waals surface area (Å²) in [6.45, 7) is 0. The molecule has 0 atom stereocenters. The molecule has 8 aromatic carbocycles. The number of fused-ring (bicyclic) bond motifs is 6. The zero-order valence-corrected chi connectivity index (χ0v) is 30.2. The van der Waals surface area contributed by atoms with E-state index in [1.807, 2.05) is 24.3 Å². The van der Waals surface area contributed by atoms with Gasteiger partial charge >= 0.3 is 0 Å². The Bertz CT molecular complexity index is 3100. The lowest BCUT2D eigenvalue weighted by Crippen LogP contribution is -2.00. The maximum absolute atomic E-state index is 6.53. The van der Waals surface area contributed by atoms with Gasteiger partial charge in [-0.15, -0.1) is 0 Å². The largest absolute Gasteiger partial charge is 0.456 e. The lowest BCUT2D eigenvalue weighted by Gasteiger charge is -2.10. The van der Waals surface area contributed by atoms with Gasteiger partial charge in [-0.05, 0) is 70.8 Å². The highest BCUT2D eigenvalue weighted by Gasteiger charge is 2.18. The number of nitrogens with zero attached hydrogens (tertiary/aromatic N) is 4. The van der Waals surface area contributed by atoms with Crippen LogP contribution in [-0.4, -0.2) is 19.5 Å². The highest BCUT2D eigenvalue weighted by molar-refractivity contribution is 6.17. The van der Waals surface area contributed by atoms with E-state index in [9.17, 15) is 0 Å². The summed E-state index contributed by atoms with van der Waals surface area (Å²) in [5.41, 5.74) is 12.4. The van der Waals surface area contributed by atoms with Crippen LogP contribution in [0.2, 0.25) is 0 Å². The monoisotopic (exact) mass is 716 g/mol. The summed E-state index contributed by atoms with van der Waals surface area (Å²) in [6.07, 6.45) is 0. The summed E-state index contributed by atoms with van der Waals surface area (Å²) in [6, 6.07) is 67.4. The Morgan fingerprint density at radius 2 is 0.768 bits per heavy atom. The molecule has 0 saturated heterocycles. The van der Waals surface area contributed by atoms with E-state index < -0.39 is 0 Å². The predicted octanol–water partition coefficient (Wildman–Crippen LogP) is 13.2. The van der Waals surface area contributed by atoms with Crippen molar-refractivity contribution >= 4 is 43.7 Å². The number of hydrogen-bond donors (Lipinski definition) is 0. The van der Waals surface area contributed by atoms with Crippen molar-refractivity contribution in [2.75, 3.05) is 0 Å². The van der Waals surface area contributed by atoms with Crippen LogP contribution in [0.4, 0.5) is 0 Å². The highest BCUT2D eigenvalue weighted by atomic mass is 16.3. The topological polar surface area (TPSA) is 56.7 Å². The number of aromatic nitrogens is 4. The van der Waals surface area contributed by atoms with Gasteiger partial charge in [-0.3, -0.25) is 0 Å². The van der Waals surface area contributed by atoms with Crippen molar-refractivity contribution in [2.45, 2.75) is 0 Å². The molecule has 0 aliphatic heterocycles. The Morgan fingerprint density at radius 3 is 1.38 bits per heavy atom. The second-order valence-electron chi connectivity index (χ2n) is 14.1. The molecule has 11 aromatic rings. The molecule has 5 nitrogen and oxygen atoms in total. The van der Waals surface area contributed by atoms with Crippen molar-refractivity contribution in [1.82, 2.24) is 19.5 Å². The normalized spacial score (nSPS) is 11.6. The summed E-state index contributed by atoms with van der Waals surface area (Å²) in [4.78, 5) is 15.3. The molecule has 0 amide bonds. The van der Waals surface area contributed by atoms with Crippen LogP contribution < -0.4 is 0 Å². The van der Waals surface area contributed by atoms with E-state index in [1.54, 1.807) is 0 Å². The summed E-state index contributed by atoms with van der Waals surface area (Å²) in [5, 5.41) is 4.39. The molecule has 0 aliphatic carbocycles. The van der Waals surface area contributed by atoms with E-state index in [0.29, 0.717) is 17.5 Å². The lowest BCUT2D eigenvalue weighted by molar-refractivity contribution is 0.669. The molecule has 56 heavy (non-hydrogen) atoms. The minimum atomic E-state index is 0.597. The Kier molecular flexibility index (Phi) is 7.42. The molecule has 262 valence electrons. The quantitative estimate of drug-likeness (QED) is 0.172. The molecule has 11 rings (SSSR count). The molecule has 0 fully saturated rings. The summed E-state index contributed by atoms with van der Waals surface area (Å²) >= 11 is 0. The maximum Gasteiger partial charge on any atom is 0.164 e. The van der Waals surface area contributed by atoms with E-state index in [2.05, 4.69) is 174 Å². The van der Waals surface area contributed by atoms with E-state index in [-0.39, 0.29) is 0 Å². The number of benzene rings is 8. The van der Waals surface area contributed by atoms with Gasteiger partial charge in [0.1, 0.15) is 11.2 Å². The van der Waals surface area contributed by atoms with Gasteiger partial charge in [-0.25, -0.2) is 15.0 Å². The molecule has 0 aliphatic rings. The first-order valence-corrected chi connectivity index (χ1v) is 18.8. The van der Waals surface area contributed by atoms with Gasteiger partial charge in [0.05, 0.1) is 11.0 Å². The van der Waals surface area contributed by atoms with Gasteiger partial charge in [0.2, 0.25) is 0 Å². The van der Waals surface area contributed by atoms with Crippen LogP contribution in [0.1, 0.15) is 0 Å². The molecule has 3 heterocycles. The third kappa shape index (κ3) is 5.45. The number of hydrogen-bond acceptors (Lipinski definition) is 4. The van der Waals surface area contributed by atoms with Gasteiger partial charge < -0.3 is 8.98 Å². The number of para-hydroxylation sites is 2. The van der Waals surface area contributed by atoms with E-state index in [4.69, 9.17) is 19.4 Å². The third-order valence-corrected chi connectivity index (χ3v) is 10.7. The van der Waals surface area contributed by atoms with Crippen LogP contribution in [0.3, 0.4) is 0 Å². The summed E-state index contributed by atoms with van der Waals surface area (Å²) in [7, 11) is 0.